The van der Waals surface area contributed by atoms with Crippen LogP contribution in [0.1, 0.15) is 12.1 Å². The maximum absolute atomic E-state index is 9.77. The molecule has 98 valence electrons. The molecule has 2 aromatic rings. The molecule has 1 saturated carbocycles. The second kappa shape index (κ2) is 3.87. The number of hydrogen-bond donors (Lipinski definition) is 1. The van der Waals surface area contributed by atoms with Crippen LogP contribution in [0.25, 0.3) is 11.0 Å². The summed E-state index contributed by atoms with van der Waals surface area (Å²) < 4.78 is 0. The van der Waals surface area contributed by atoms with Crippen LogP contribution in [0.3, 0.4) is 0 Å². The summed E-state index contributed by atoms with van der Waals surface area (Å²) in [5.41, 5.74) is 2.74. The third kappa shape index (κ3) is 1.61. The average Bonchev–Trinajstić information content (AvgIpc) is 2.75. The minimum absolute atomic E-state index is 0.127. The number of fused-ring (bicyclic) bond motifs is 2. The first-order valence-corrected chi connectivity index (χ1v) is 6.74. The van der Waals surface area contributed by atoms with Gasteiger partial charge in [-0.15, -0.1) is 0 Å². The second-order valence-electron chi connectivity index (χ2n) is 5.65. The van der Waals surface area contributed by atoms with E-state index in [1.807, 2.05) is 19.1 Å². The van der Waals surface area contributed by atoms with E-state index in [-0.39, 0.29) is 6.10 Å². The summed E-state index contributed by atoms with van der Waals surface area (Å²) >= 11 is 0. The van der Waals surface area contributed by atoms with Gasteiger partial charge >= 0.3 is 0 Å². The number of pyridine rings is 1. The van der Waals surface area contributed by atoms with Crippen molar-refractivity contribution in [2.45, 2.75) is 19.4 Å². The van der Waals surface area contributed by atoms with Gasteiger partial charge in [0.1, 0.15) is 11.8 Å². The zero-order valence-electron chi connectivity index (χ0n) is 10.8. The largest absolute Gasteiger partial charge is 0.393 e. The number of anilines is 1. The Labute approximate surface area is 111 Å². The van der Waals surface area contributed by atoms with E-state index in [0.29, 0.717) is 11.8 Å². The van der Waals surface area contributed by atoms with Gasteiger partial charge in [-0.05, 0) is 31.4 Å². The molecule has 2 fully saturated rings. The van der Waals surface area contributed by atoms with Crippen LogP contribution < -0.4 is 4.90 Å². The molecule has 0 spiro atoms. The summed E-state index contributed by atoms with van der Waals surface area (Å²) in [5, 5.41) is 9.77. The molecular formula is C14H16N4O. The van der Waals surface area contributed by atoms with Gasteiger partial charge in [0.25, 0.3) is 0 Å². The van der Waals surface area contributed by atoms with E-state index >= 15 is 0 Å². The van der Waals surface area contributed by atoms with Crippen molar-refractivity contribution in [1.82, 2.24) is 15.0 Å². The lowest BCUT2D eigenvalue weighted by Gasteiger charge is -2.34. The Kier molecular flexibility index (Phi) is 2.26. The molecule has 2 aliphatic rings. The highest BCUT2D eigenvalue weighted by Gasteiger charge is 2.46. The lowest BCUT2D eigenvalue weighted by Crippen LogP contribution is -2.39. The first-order valence-electron chi connectivity index (χ1n) is 6.74. The Morgan fingerprint density at radius 1 is 1.26 bits per heavy atom. The minimum atomic E-state index is -0.127. The van der Waals surface area contributed by atoms with Crippen LogP contribution in [-0.2, 0) is 0 Å². The van der Waals surface area contributed by atoms with Gasteiger partial charge in [0.2, 0.25) is 0 Å². The Morgan fingerprint density at radius 2 is 2.16 bits per heavy atom. The van der Waals surface area contributed by atoms with Crippen molar-refractivity contribution in [3.05, 3.63) is 24.2 Å². The number of aliphatic hydroxyl groups excluding tert-OH is 1. The highest BCUT2D eigenvalue weighted by molar-refractivity contribution is 5.85. The number of aliphatic hydroxyl groups is 1. The van der Waals surface area contributed by atoms with E-state index in [1.165, 1.54) is 0 Å². The molecule has 0 bridgehead atoms. The number of aromatic nitrogens is 3. The molecule has 3 heterocycles. The van der Waals surface area contributed by atoms with Gasteiger partial charge in [0.15, 0.2) is 5.82 Å². The number of aryl methyl sites for hydroxylation is 1. The summed E-state index contributed by atoms with van der Waals surface area (Å²) in [6.45, 7) is 3.84. The fraction of sp³-hybridized carbons (Fsp3) is 0.500. The van der Waals surface area contributed by atoms with E-state index in [9.17, 15) is 5.11 Å². The first-order chi connectivity index (χ1) is 9.22. The van der Waals surface area contributed by atoms with Crippen molar-refractivity contribution < 1.29 is 5.11 Å². The molecule has 5 heteroatoms. The molecule has 2 aromatic heterocycles. The fourth-order valence-corrected chi connectivity index (χ4v) is 3.30. The third-order valence-electron chi connectivity index (χ3n) is 4.43. The van der Waals surface area contributed by atoms with E-state index in [2.05, 4.69) is 19.9 Å². The van der Waals surface area contributed by atoms with Crippen molar-refractivity contribution in [3.8, 4) is 0 Å². The number of rotatable bonds is 1. The predicted octanol–water partition coefficient (Wildman–Crippen LogP) is 1.15. The summed E-state index contributed by atoms with van der Waals surface area (Å²) in [4.78, 5) is 15.5. The van der Waals surface area contributed by atoms with Crippen LogP contribution in [0.15, 0.2) is 18.5 Å². The molecule has 4 rings (SSSR count). The molecule has 19 heavy (non-hydrogen) atoms. The van der Waals surface area contributed by atoms with E-state index in [0.717, 1.165) is 42.1 Å². The van der Waals surface area contributed by atoms with Gasteiger partial charge in [-0.3, -0.25) is 0 Å². The van der Waals surface area contributed by atoms with Crippen molar-refractivity contribution in [3.63, 3.8) is 0 Å². The zero-order valence-corrected chi connectivity index (χ0v) is 10.8. The molecule has 1 N–H and O–H groups in total. The maximum Gasteiger partial charge on any atom is 0.158 e. The Balaban J connectivity index is 1.77. The molecule has 1 aliphatic carbocycles. The van der Waals surface area contributed by atoms with Crippen LogP contribution in [0, 0.1) is 18.8 Å². The quantitative estimate of drug-likeness (QED) is 0.829. The molecule has 0 radical (unpaired) electrons. The van der Waals surface area contributed by atoms with Gasteiger partial charge in [0, 0.05) is 24.7 Å². The van der Waals surface area contributed by atoms with E-state index in [1.54, 1.807) is 6.33 Å². The molecule has 1 saturated heterocycles. The third-order valence-corrected chi connectivity index (χ3v) is 4.43. The maximum atomic E-state index is 9.77. The lowest BCUT2D eigenvalue weighted by molar-refractivity contribution is -0.00398. The molecule has 1 aliphatic heterocycles. The van der Waals surface area contributed by atoms with Gasteiger partial charge in [-0.25, -0.2) is 15.0 Å². The Bertz CT molecular complexity index is 644. The Hall–Kier alpha value is -1.75. The van der Waals surface area contributed by atoms with Crippen molar-refractivity contribution in [1.29, 1.82) is 0 Å². The van der Waals surface area contributed by atoms with Crippen LogP contribution >= 0.6 is 0 Å². The molecule has 0 unspecified atom stereocenters. The SMILES string of the molecule is Cc1ccc2ncnc(N3C[C@@H]4C[C@@H](O)[C@@H]4C3)c2n1. The zero-order chi connectivity index (χ0) is 13.0. The van der Waals surface area contributed by atoms with E-state index in [4.69, 9.17) is 0 Å². The van der Waals surface area contributed by atoms with E-state index < -0.39 is 0 Å². The standard InChI is InChI=1S/C14H16N4O/c1-8-2-3-11-13(17-8)14(16-7-15-11)18-5-9-4-12(19)10(9)6-18/h2-3,7,9-10,12,19H,4-6H2,1H3/t9-,10+,12+/m0/s1. The van der Waals surface area contributed by atoms with Gasteiger partial charge in [-0.2, -0.15) is 0 Å². The first kappa shape index (κ1) is 11.1. The number of nitrogens with zero attached hydrogens (tertiary/aromatic N) is 4. The molecule has 0 aromatic carbocycles. The highest BCUT2D eigenvalue weighted by atomic mass is 16.3. The van der Waals surface area contributed by atoms with Crippen molar-refractivity contribution in [2.24, 2.45) is 11.8 Å². The summed E-state index contributed by atoms with van der Waals surface area (Å²) in [7, 11) is 0. The van der Waals surface area contributed by atoms with Crippen molar-refractivity contribution in [2.75, 3.05) is 18.0 Å². The van der Waals surface area contributed by atoms with Crippen LogP contribution in [0.4, 0.5) is 5.82 Å². The fourth-order valence-electron chi connectivity index (χ4n) is 3.30. The smallest absolute Gasteiger partial charge is 0.158 e. The van der Waals surface area contributed by atoms with Gasteiger partial charge in [-0.1, -0.05) is 0 Å². The number of hydrogen-bond acceptors (Lipinski definition) is 5. The molecular weight excluding hydrogens is 240 g/mol. The topological polar surface area (TPSA) is 62.1 Å². The molecule has 3 atom stereocenters. The van der Waals surface area contributed by atoms with Crippen LogP contribution in [0.2, 0.25) is 0 Å². The molecule has 5 nitrogen and oxygen atoms in total. The lowest BCUT2D eigenvalue weighted by atomic mass is 9.74. The van der Waals surface area contributed by atoms with Gasteiger partial charge in [0.05, 0.1) is 11.6 Å². The summed E-state index contributed by atoms with van der Waals surface area (Å²) in [6, 6.07) is 3.96. The second-order valence-corrected chi connectivity index (χ2v) is 5.65. The predicted molar refractivity (Wildman–Crippen MR) is 71.9 cm³/mol. The van der Waals surface area contributed by atoms with Crippen LogP contribution in [0.5, 0.6) is 0 Å². The van der Waals surface area contributed by atoms with Gasteiger partial charge < -0.3 is 10.0 Å². The monoisotopic (exact) mass is 256 g/mol. The summed E-state index contributed by atoms with van der Waals surface area (Å²) in [6.07, 6.45) is 2.40. The van der Waals surface area contributed by atoms with Crippen molar-refractivity contribution >= 4 is 16.9 Å². The normalized spacial score (nSPS) is 29.4. The molecule has 0 amide bonds. The summed E-state index contributed by atoms with van der Waals surface area (Å²) in [5.74, 6) is 1.94. The minimum Gasteiger partial charge on any atom is -0.393 e. The highest BCUT2D eigenvalue weighted by Crippen LogP contribution is 2.42. The van der Waals surface area contributed by atoms with Crippen LogP contribution in [-0.4, -0.2) is 39.3 Å². The average molecular weight is 256 g/mol. The Morgan fingerprint density at radius 3 is 2.95 bits per heavy atom.